The van der Waals surface area contributed by atoms with Crippen molar-refractivity contribution >= 4 is 5.91 Å². The van der Waals surface area contributed by atoms with E-state index in [-0.39, 0.29) is 11.9 Å². The Labute approximate surface area is 106 Å². The van der Waals surface area contributed by atoms with Gasteiger partial charge in [0.15, 0.2) is 0 Å². The topological polar surface area (TPSA) is 68.0 Å². The van der Waals surface area contributed by atoms with Crippen molar-refractivity contribution < 1.29 is 4.79 Å². The molecule has 0 saturated carbocycles. The Morgan fingerprint density at radius 2 is 1.89 bits per heavy atom. The molecule has 1 atom stereocenters. The average Bonchev–Trinajstić information content (AvgIpc) is 2.46. The quantitative estimate of drug-likeness (QED) is 0.852. The third-order valence-corrected chi connectivity index (χ3v) is 2.64. The van der Waals surface area contributed by atoms with E-state index in [9.17, 15) is 4.79 Å². The molecule has 4 nitrogen and oxygen atoms in total. The van der Waals surface area contributed by atoms with E-state index in [1.807, 2.05) is 30.3 Å². The summed E-state index contributed by atoms with van der Waals surface area (Å²) in [5.41, 5.74) is 7.08. The van der Waals surface area contributed by atoms with Crippen molar-refractivity contribution in [1.29, 1.82) is 0 Å². The first-order valence-electron chi connectivity index (χ1n) is 5.78. The Hall–Kier alpha value is -2.20. The van der Waals surface area contributed by atoms with Crippen molar-refractivity contribution in [2.75, 3.05) is 6.54 Å². The van der Waals surface area contributed by atoms with Gasteiger partial charge in [-0.2, -0.15) is 0 Å². The molecule has 0 aliphatic heterocycles. The Bertz CT molecular complexity index is 499. The van der Waals surface area contributed by atoms with Crippen LogP contribution in [0.25, 0.3) is 0 Å². The van der Waals surface area contributed by atoms with E-state index < -0.39 is 0 Å². The molecule has 0 radical (unpaired) electrons. The molecule has 1 unspecified atom stereocenters. The average molecular weight is 241 g/mol. The van der Waals surface area contributed by atoms with Gasteiger partial charge in [-0.1, -0.05) is 36.4 Å². The van der Waals surface area contributed by atoms with Gasteiger partial charge in [0.05, 0.1) is 6.04 Å². The van der Waals surface area contributed by atoms with Crippen molar-refractivity contribution in [2.45, 2.75) is 6.04 Å². The summed E-state index contributed by atoms with van der Waals surface area (Å²) >= 11 is 0. The fourth-order valence-corrected chi connectivity index (χ4v) is 1.69. The second kappa shape index (κ2) is 5.93. The molecule has 1 heterocycles. The molecule has 0 saturated heterocycles. The van der Waals surface area contributed by atoms with Crippen LogP contribution in [-0.2, 0) is 0 Å². The molecule has 2 aromatic rings. The molecule has 1 aromatic carbocycles. The highest BCUT2D eigenvalue weighted by Gasteiger charge is 2.14. The number of rotatable bonds is 4. The monoisotopic (exact) mass is 241 g/mol. The lowest BCUT2D eigenvalue weighted by molar-refractivity contribution is 0.0933. The largest absolute Gasteiger partial charge is 0.343 e. The second-order valence-electron chi connectivity index (χ2n) is 3.89. The summed E-state index contributed by atoms with van der Waals surface area (Å²) in [6, 6.07) is 14.7. The van der Waals surface area contributed by atoms with E-state index in [1.165, 1.54) is 0 Å². The van der Waals surface area contributed by atoms with E-state index in [0.717, 1.165) is 5.56 Å². The second-order valence-corrected chi connectivity index (χ2v) is 3.89. The first-order chi connectivity index (χ1) is 8.81. The Morgan fingerprint density at radius 1 is 1.17 bits per heavy atom. The number of benzene rings is 1. The van der Waals surface area contributed by atoms with E-state index in [4.69, 9.17) is 5.73 Å². The highest BCUT2D eigenvalue weighted by Crippen LogP contribution is 2.11. The number of amides is 1. The van der Waals surface area contributed by atoms with Crippen molar-refractivity contribution in [3.05, 3.63) is 66.0 Å². The Kier molecular flexibility index (Phi) is 4.04. The number of hydrogen-bond acceptors (Lipinski definition) is 3. The molecule has 0 spiro atoms. The van der Waals surface area contributed by atoms with Gasteiger partial charge in [-0.25, -0.2) is 0 Å². The minimum absolute atomic E-state index is 0.194. The van der Waals surface area contributed by atoms with Crippen LogP contribution in [0.1, 0.15) is 22.1 Å². The number of nitrogens with two attached hydrogens (primary N) is 1. The van der Waals surface area contributed by atoms with Crippen LogP contribution in [0, 0.1) is 0 Å². The highest BCUT2D eigenvalue weighted by atomic mass is 16.1. The molecule has 0 aliphatic rings. The minimum atomic E-state index is -0.213. The smallest absolute Gasteiger partial charge is 0.270 e. The van der Waals surface area contributed by atoms with Crippen LogP contribution in [0.2, 0.25) is 0 Å². The predicted molar refractivity (Wildman–Crippen MR) is 69.9 cm³/mol. The maximum atomic E-state index is 12.0. The number of nitrogens with one attached hydrogen (secondary N) is 1. The lowest BCUT2D eigenvalue weighted by Gasteiger charge is -2.16. The van der Waals surface area contributed by atoms with E-state index >= 15 is 0 Å². The molecule has 2 rings (SSSR count). The number of carbonyl (C=O) groups excluding carboxylic acids is 1. The van der Waals surface area contributed by atoms with Gasteiger partial charge in [0.25, 0.3) is 5.91 Å². The van der Waals surface area contributed by atoms with Gasteiger partial charge in [0.2, 0.25) is 0 Å². The van der Waals surface area contributed by atoms with Gasteiger partial charge in [-0.3, -0.25) is 9.78 Å². The first-order valence-corrected chi connectivity index (χ1v) is 5.78. The zero-order valence-electron chi connectivity index (χ0n) is 9.91. The molecule has 0 fully saturated rings. The van der Waals surface area contributed by atoms with Gasteiger partial charge in [0, 0.05) is 12.7 Å². The number of aromatic nitrogens is 1. The summed E-state index contributed by atoms with van der Waals surface area (Å²) in [4.78, 5) is 16.0. The van der Waals surface area contributed by atoms with Crippen molar-refractivity contribution in [2.24, 2.45) is 5.73 Å². The van der Waals surface area contributed by atoms with Gasteiger partial charge in [0.1, 0.15) is 5.69 Å². The van der Waals surface area contributed by atoms with Crippen LogP contribution in [0.3, 0.4) is 0 Å². The normalized spacial score (nSPS) is 11.8. The predicted octanol–water partition coefficient (Wildman–Crippen LogP) is 1.51. The number of hydrogen-bond donors (Lipinski definition) is 2. The van der Waals surface area contributed by atoms with Gasteiger partial charge < -0.3 is 11.1 Å². The molecule has 1 amide bonds. The van der Waals surface area contributed by atoms with Crippen LogP contribution in [-0.4, -0.2) is 17.4 Å². The maximum Gasteiger partial charge on any atom is 0.270 e. The van der Waals surface area contributed by atoms with Gasteiger partial charge in [-0.15, -0.1) is 0 Å². The Balaban J connectivity index is 2.10. The van der Waals surface area contributed by atoms with Crippen molar-refractivity contribution in [1.82, 2.24) is 10.3 Å². The third kappa shape index (κ3) is 2.93. The molecular formula is C14H15N3O. The number of nitrogens with zero attached hydrogens (tertiary/aromatic N) is 1. The minimum Gasteiger partial charge on any atom is -0.343 e. The van der Waals surface area contributed by atoms with Crippen molar-refractivity contribution in [3.8, 4) is 0 Å². The molecule has 0 bridgehead atoms. The molecule has 18 heavy (non-hydrogen) atoms. The number of pyridine rings is 1. The standard InChI is InChI=1S/C14H15N3O/c15-10-13(11-6-2-1-3-7-11)17-14(18)12-8-4-5-9-16-12/h1-9,13H,10,15H2,(H,17,18). The number of carbonyl (C=O) groups is 1. The fourth-order valence-electron chi connectivity index (χ4n) is 1.69. The summed E-state index contributed by atoms with van der Waals surface area (Å²) < 4.78 is 0. The van der Waals surface area contributed by atoms with Crippen LogP contribution < -0.4 is 11.1 Å². The highest BCUT2D eigenvalue weighted by molar-refractivity contribution is 5.92. The zero-order chi connectivity index (χ0) is 12.8. The molecule has 4 heteroatoms. The molecule has 92 valence electrons. The van der Waals surface area contributed by atoms with Crippen LogP contribution in [0.5, 0.6) is 0 Å². The van der Waals surface area contributed by atoms with Crippen LogP contribution in [0.15, 0.2) is 54.7 Å². The Morgan fingerprint density at radius 3 is 2.50 bits per heavy atom. The summed E-state index contributed by atoms with van der Waals surface area (Å²) in [5, 5.41) is 2.87. The summed E-state index contributed by atoms with van der Waals surface area (Å²) in [6.07, 6.45) is 1.59. The first kappa shape index (κ1) is 12.3. The molecule has 1 aromatic heterocycles. The fraction of sp³-hybridized carbons (Fsp3) is 0.143. The van der Waals surface area contributed by atoms with Crippen molar-refractivity contribution in [3.63, 3.8) is 0 Å². The lowest BCUT2D eigenvalue weighted by Crippen LogP contribution is -2.33. The molecule has 3 N–H and O–H groups in total. The summed E-state index contributed by atoms with van der Waals surface area (Å²) in [7, 11) is 0. The molecular weight excluding hydrogens is 226 g/mol. The summed E-state index contributed by atoms with van der Waals surface area (Å²) in [5.74, 6) is -0.213. The van der Waals surface area contributed by atoms with E-state index in [1.54, 1.807) is 24.4 Å². The zero-order valence-corrected chi connectivity index (χ0v) is 9.91. The van der Waals surface area contributed by atoms with Crippen LogP contribution in [0.4, 0.5) is 0 Å². The molecule has 0 aliphatic carbocycles. The van der Waals surface area contributed by atoms with E-state index in [2.05, 4.69) is 10.3 Å². The maximum absolute atomic E-state index is 12.0. The van der Waals surface area contributed by atoms with Gasteiger partial charge >= 0.3 is 0 Å². The SMILES string of the molecule is NCC(NC(=O)c1ccccn1)c1ccccc1. The lowest BCUT2D eigenvalue weighted by atomic mass is 10.1. The third-order valence-electron chi connectivity index (χ3n) is 2.64. The van der Waals surface area contributed by atoms with E-state index in [0.29, 0.717) is 12.2 Å². The van der Waals surface area contributed by atoms with Gasteiger partial charge in [-0.05, 0) is 17.7 Å². The van der Waals surface area contributed by atoms with Crippen LogP contribution >= 0.6 is 0 Å². The summed E-state index contributed by atoms with van der Waals surface area (Å²) in [6.45, 7) is 0.350.